The van der Waals surface area contributed by atoms with Crippen molar-refractivity contribution in [2.24, 2.45) is 0 Å². The summed E-state index contributed by atoms with van der Waals surface area (Å²) < 4.78 is 2.33. The molecule has 0 fully saturated rings. The number of imidazole rings is 1. The van der Waals surface area contributed by atoms with Crippen LogP contribution in [-0.4, -0.2) is 29.9 Å². The molecular formula is C38H37BN2SSi. The highest BCUT2D eigenvalue weighted by Crippen LogP contribution is 2.41. The quantitative estimate of drug-likeness (QED) is 0.132. The van der Waals surface area contributed by atoms with Crippen LogP contribution in [0.3, 0.4) is 0 Å². The van der Waals surface area contributed by atoms with E-state index in [-0.39, 0.29) is 5.16 Å². The normalized spacial score (nSPS) is 13.3. The summed E-state index contributed by atoms with van der Waals surface area (Å²) in [6.45, 7) is 6.54. The van der Waals surface area contributed by atoms with Crippen LogP contribution in [-0.2, 0) is 5.16 Å². The van der Waals surface area contributed by atoms with E-state index in [1.165, 1.54) is 27.2 Å². The predicted octanol–water partition coefficient (Wildman–Crippen LogP) is 7.28. The first-order valence-electron chi connectivity index (χ1n) is 14.9. The first-order chi connectivity index (χ1) is 21.2. The van der Waals surface area contributed by atoms with Gasteiger partial charge >= 0.3 is 0 Å². The highest BCUT2D eigenvalue weighted by atomic mass is 32.1. The Balaban J connectivity index is 0.000000207. The van der Waals surface area contributed by atoms with Gasteiger partial charge in [-0.3, -0.25) is 0 Å². The van der Waals surface area contributed by atoms with E-state index in [9.17, 15) is 0 Å². The number of nitrogens with zero attached hydrogens (tertiary/aromatic N) is 2. The van der Waals surface area contributed by atoms with Crippen molar-refractivity contribution in [1.82, 2.24) is 9.55 Å². The third kappa shape index (κ3) is 6.69. The van der Waals surface area contributed by atoms with E-state index in [2.05, 4.69) is 157 Å². The average Bonchev–Trinajstić information content (AvgIpc) is 3.62. The summed E-state index contributed by atoms with van der Waals surface area (Å²) in [4.78, 5) is 5.45. The van der Waals surface area contributed by atoms with Gasteiger partial charge in [0, 0.05) is 23.7 Å². The standard InChI is InChI=1S/C24H24N2SSi.C14H13B/c1-2-28(23-15-13-22(27)14-16-23)24(26-18-17-25-19-26,20-9-5-3-6-10-20)21-11-7-4-8-12-21;1-2-15(13-9-5-3-6-10-13)14-11-7-4-8-12-14/h3-13,15-19,28H,2,14H2,1H3;2-12H,1H2. The van der Waals surface area contributed by atoms with E-state index in [0.29, 0.717) is 6.71 Å². The number of thiocarbonyl (C=S) groups is 1. The summed E-state index contributed by atoms with van der Waals surface area (Å²) in [5, 5.41) is 1.22. The van der Waals surface area contributed by atoms with Gasteiger partial charge in [0.15, 0.2) is 0 Å². The maximum absolute atomic E-state index is 5.41. The van der Waals surface area contributed by atoms with Crippen LogP contribution >= 0.6 is 12.2 Å². The second-order valence-electron chi connectivity index (χ2n) is 10.7. The second-order valence-corrected chi connectivity index (χ2v) is 14.6. The Bertz CT molecular complexity index is 1570. The Morgan fingerprint density at radius 3 is 1.72 bits per heavy atom. The minimum absolute atomic E-state index is 0.247. The number of hydrogen-bond donors (Lipinski definition) is 0. The molecule has 0 amide bonds. The Morgan fingerprint density at radius 1 is 0.814 bits per heavy atom. The Labute approximate surface area is 263 Å². The minimum atomic E-state index is -1.58. The minimum Gasteiger partial charge on any atom is -0.326 e. The van der Waals surface area contributed by atoms with Crippen molar-refractivity contribution in [1.29, 1.82) is 0 Å². The third-order valence-electron chi connectivity index (χ3n) is 8.21. The molecular weight excluding hydrogens is 555 g/mol. The van der Waals surface area contributed by atoms with Gasteiger partial charge in [-0.2, -0.15) is 0 Å². The van der Waals surface area contributed by atoms with Gasteiger partial charge in [0.1, 0.15) is 8.80 Å². The van der Waals surface area contributed by atoms with Crippen LogP contribution in [0.2, 0.25) is 6.04 Å². The number of aromatic nitrogens is 2. The molecule has 5 heteroatoms. The van der Waals surface area contributed by atoms with Crippen LogP contribution in [0.5, 0.6) is 0 Å². The zero-order chi connectivity index (χ0) is 29.9. The molecule has 6 rings (SSSR count). The van der Waals surface area contributed by atoms with Crippen molar-refractivity contribution in [3.05, 3.63) is 187 Å². The molecule has 5 aromatic rings. The monoisotopic (exact) mass is 592 g/mol. The molecule has 2 nitrogen and oxygen atoms in total. The predicted molar refractivity (Wildman–Crippen MR) is 191 cm³/mol. The third-order valence-corrected chi connectivity index (χ3v) is 12.5. The van der Waals surface area contributed by atoms with Crippen molar-refractivity contribution >= 4 is 43.5 Å². The van der Waals surface area contributed by atoms with Crippen LogP contribution in [0.1, 0.15) is 24.5 Å². The summed E-state index contributed by atoms with van der Waals surface area (Å²) in [5.74, 6) is 1.99. The lowest BCUT2D eigenvalue weighted by Gasteiger charge is -2.43. The van der Waals surface area contributed by atoms with Crippen LogP contribution in [0.25, 0.3) is 0 Å². The van der Waals surface area contributed by atoms with Gasteiger partial charge in [0.25, 0.3) is 0 Å². The average molecular weight is 593 g/mol. The molecule has 0 aliphatic heterocycles. The van der Waals surface area contributed by atoms with Crippen LogP contribution in [0.15, 0.2) is 176 Å². The zero-order valence-corrected chi connectivity index (χ0v) is 26.6. The van der Waals surface area contributed by atoms with E-state index in [1.807, 2.05) is 30.6 Å². The topological polar surface area (TPSA) is 17.8 Å². The van der Waals surface area contributed by atoms with Crippen LogP contribution in [0, 0.1) is 0 Å². The summed E-state index contributed by atoms with van der Waals surface area (Å²) in [6.07, 6.45) is 13.6. The molecule has 0 bridgehead atoms. The molecule has 0 saturated heterocycles. The molecule has 0 N–H and O–H groups in total. The van der Waals surface area contributed by atoms with E-state index < -0.39 is 8.80 Å². The molecule has 1 unspecified atom stereocenters. The fraction of sp³-hybridized carbons (Fsp3) is 0.105. The maximum atomic E-state index is 5.41. The Kier molecular flexibility index (Phi) is 10.3. The summed E-state index contributed by atoms with van der Waals surface area (Å²) in [6, 6.07) is 43.8. The fourth-order valence-corrected chi connectivity index (χ4v) is 10.4. The molecule has 1 aromatic heterocycles. The molecule has 43 heavy (non-hydrogen) atoms. The molecule has 0 radical (unpaired) electrons. The summed E-state index contributed by atoms with van der Waals surface area (Å²) in [5.41, 5.74) is 5.22. The molecule has 212 valence electrons. The fourth-order valence-electron chi connectivity index (χ4n) is 6.26. The summed E-state index contributed by atoms with van der Waals surface area (Å²) in [7, 11) is -1.58. The largest absolute Gasteiger partial charge is 0.326 e. The van der Waals surface area contributed by atoms with Crippen molar-refractivity contribution in [3.63, 3.8) is 0 Å². The Morgan fingerprint density at radius 2 is 1.33 bits per heavy atom. The molecule has 1 heterocycles. The van der Waals surface area contributed by atoms with Gasteiger partial charge in [-0.05, 0) is 17.2 Å². The van der Waals surface area contributed by atoms with Crippen LogP contribution in [0.4, 0.5) is 0 Å². The van der Waals surface area contributed by atoms with Gasteiger partial charge in [0.2, 0.25) is 6.71 Å². The highest BCUT2D eigenvalue weighted by Gasteiger charge is 2.45. The molecule has 4 aromatic carbocycles. The molecule has 1 aliphatic rings. The van der Waals surface area contributed by atoms with Gasteiger partial charge < -0.3 is 4.57 Å². The van der Waals surface area contributed by atoms with Gasteiger partial charge in [-0.15, -0.1) is 12.6 Å². The zero-order valence-electron chi connectivity index (χ0n) is 24.7. The lowest BCUT2D eigenvalue weighted by Crippen LogP contribution is -2.50. The van der Waals surface area contributed by atoms with Gasteiger partial charge in [-0.1, -0.05) is 175 Å². The second kappa shape index (κ2) is 14.7. The molecule has 1 aliphatic carbocycles. The number of benzene rings is 4. The number of allylic oxidation sites excluding steroid dienone is 4. The maximum Gasteiger partial charge on any atom is 0.233 e. The smallest absolute Gasteiger partial charge is 0.233 e. The highest BCUT2D eigenvalue weighted by molar-refractivity contribution is 7.80. The van der Waals surface area contributed by atoms with Crippen molar-refractivity contribution in [2.45, 2.75) is 24.6 Å². The lowest BCUT2D eigenvalue weighted by atomic mass is 9.41. The Hall–Kier alpha value is -4.32. The van der Waals surface area contributed by atoms with E-state index >= 15 is 0 Å². The van der Waals surface area contributed by atoms with Gasteiger partial charge in [0.05, 0.1) is 11.5 Å². The molecule has 0 spiro atoms. The number of hydrogen-bond acceptors (Lipinski definition) is 2. The molecule has 1 atom stereocenters. The van der Waals surface area contributed by atoms with Crippen LogP contribution < -0.4 is 10.9 Å². The van der Waals surface area contributed by atoms with E-state index in [1.54, 1.807) is 0 Å². The SMILES string of the molecule is C=CB(c1ccccc1)c1ccccc1.CC[SiH](C1=CCC(=S)C=C1)C(c1ccccc1)(c1ccccc1)n1ccnc1. The van der Waals surface area contributed by atoms with E-state index in [4.69, 9.17) is 12.2 Å². The van der Waals surface area contributed by atoms with Crippen molar-refractivity contribution in [3.8, 4) is 0 Å². The molecule has 0 saturated carbocycles. The number of rotatable bonds is 9. The first kappa shape index (κ1) is 30.1. The van der Waals surface area contributed by atoms with Crippen molar-refractivity contribution in [2.75, 3.05) is 0 Å². The summed E-state index contributed by atoms with van der Waals surface area (Å²) >= 11 is 5.41. The van der Waals surface area contributed by atoms with Gasteiger partial charge in [-0.25, -0.2) is 4.98 Å². The lowest BCUT2D eigenvalue weighted by molar-refractivity contribution is 0.582. The first-order valence-corrected chi connectivity index (χ1v) is 17.3. The van der Waals surface area contributed by atoms with E-state index in [0.717, 1.165) is 17.3 Å². The van der Waals surface area contributed by atoms with Crippen molar-refractivity contribution < 1.29 is 0 Å².